The largest absolute Gasteiger partial charge is 0.488 e. The summed E-state index contributed by atoms with van der Waals surface area (Å²) in [6, 6.07) is 8.61. The van der Waals surface area contributed by atoms with Gasteiger partial charge in [-0.15, -0.1) is 11.3 Å². The number of unbranched alkanes of at least 4 members (excludes halogenated alkanes) is 1. The number of hydrogen-bond donors (Lipinski definition) is 0. The van der Waals surface area contributed by atoms with E-state index in [1.807, 2.05) is 6.92 Å². The van der Waals surface area contributed by atoms with Crippen molar-refractivity contribution in [2.75, 3.05) is 6.61 Å². The van der Waals surface area contributed by atoms with Crippen LogP contribution >= 0.6 is 11.3 Å². The Hall–Kier alpha value is -2.25. The Kier molecular flexibility index (Phi) is 7.17. The molecule has 0 N–H and O–H groups in total. The number of fused-ring (bicyclic) bond motifs is 1. The fourth-order valence-corrected chi connectivity index (χ4v) is 5.34. The maximum Gasteiger partial charge on any atom is 0.305 e. The third-order valence-electron chi connectivity index (χ3n) is 5.65. The summed E-state index contributed by atoms with van der Waals surface area (Å²) in [5.74, 6) is 7.63. The molecule has 4 heteroatoms. The van der Waals surface area contributed by atoms with Gasteiger partial charge in [0.2, 0.25) is 0 Å². The van der Waals surface area contributed by atoms with Crippen LogP contribution in [0.25, 0.3) is 0 Å². The molecule has 0 fully saturated rings. The summed E-state index contributed by atoms with van der Waals surface area (Å²) >= 11 is 1.74. The molecule has 0 saturated heterocycles. The van der Waals surface area contributed by atoms with Crippen molar-refractivity contribution < 1.29 is 14.3 Å². The second-order valence-corrected chi connectivity index (χ2v) is 10.8. The van der Waals surface area contributed by atoms with E-state index in [4.69, 9.17) is 9.47 Å². The van der Waals surface area contributed by atoms with Gasteiger partial charge in [0, 0.05) is 22.4 Å². The lowest BCUT2D eigenvalue weighted by atomic mass is 9.73. The number of rotatable bonds is 6. The number of thiophene rings is 1. The van der Waals surface area contributed by atoms with E-state index in [0.29, 0.717) is 13.0 Å². The van der Waals surface area contributed by atoms with E-state index in [9.17, 15) is 4.79 Å². The van der Waals surface area contributed by atoms with Gasteiger partial charge in [0.05, 0.1) is 11.5 Å². The van der Waals surface area contributed by atoms with E-state index >= 15 is 0 Å². The first-order chi connectivity index (χ1) is 14.6. The molecule has 0 bridgehead atoms. The zero-order valence-corrected chi connectivity index (χ0v) is 20.5. The molecule has 0 unspecified atom stereocenters. The van der Waals surface area contributed by atoms with Crippen LogP contribution in [0.5, 0.6) is 5.75 Å². The van der Waals surface area contributed by atoms with E-state index < -0.39 is 0 Å². The highest BCUT2D eigenvalue weighted by Gasteiger charge is 2.39. The Bertz CT molecular complexity index is 1000. The third kappa shape index (κ3) is 6.14. The van der Waals surface area contributed by atoms with Crippen LogP contribution in [0.2, 0.25) is 0 Å². The van der Waals surface area contributed by atoms with Crippen LogP contribution in [0, 0.1) is 18.8 Å². The molecule has 0 spiro atoms. The van der Waals surface area contributed by atoms with Crippen molar-refractivity contribution in [2.24, 2.45) is 0 Å². The maximum atomic E-state index is 11.4. The first-order valence-corrected chi connectivity index (χ1v) is 12.0. The Morgan fingerprint density at radius 1 is 1.16 bits per heavy atom. The smallest absolute Gasteiger partial charge is 0.305 e. The highest BCUT2D eigenvalue weighted by Crippen LogP contribution is 2.45. The maximum absolute atomic E-state index is 11.4. The zero-order valence-electron chi connectivity index (χ0n) is 19.7. The standard InChI is InChI=1S/C27H34O3S/c1-7-29-25(28)11-9-8-10-21-14-15-22(31-21)13-12-20-17-23-24(16-19(20)2)30-27(5,6)18-26(23,3)4/h14-17H,7-11,18H2,1-6H3. The van der Waals surface area contributed by atoms with E-state index in [1.165, 1.54) is 10.4 Å². The van der Waals surface area contributed by atoms with Gasteiger partial charge >= 0.3 is 5.97 Å². The summed E-state index contributed by atoms with van der Waals surface area (Å²) in [6.45, 7) is 13.3. The highest BCUT2D eigenvalue weighted by atomic mass is 32.1. The average Bonchev–Trinajstić information content (AvgIpc) is 3.10. The Morgan fingerprint density at radius 2 is 1.94 bits per heavy atom. The van der Waals surface area contributed by atoms with Crippen LogP contribution < -0.4 is 4.74 Å². The van der Waals surface area contributed by atoms with Gasteiger partial charge in [-0.05, 0) is 88.6 Å². The molecular formula is C27H34O3S. The van der Waals surface area contributed by atoms with Crippen molar-refractivity contribution in [1.82, 2.24) is 0 Å². The molecule has 0 atom stereocenters. The molecule has 3 rings (SSSR count). The number of esters is 1. The Balaban J connectivity index is 1.67. The summed E-state index contributed by atoms with van der Waals surface area (Å²) < 4.78 is 11.2. The van der Waals surface area contributed by atoms with Gasteiger partial charge in [0.25, 0.3) is 0 Å². The number of hydrogen-bond acceptors (Lipinski definition) is 4. The van der Waals surface area contributed by atoms with Crippen LogP contribution in [0.1, 0.15) is 86.7 Å². The number of carbonyl (C=O) groups excluding carboxylic acids is 1. The van der Waals surface area contributed by atoms with E-state index in [1.54, 1.807) is 11.3 Å². The van der Waals surface area contributed by atoms with Crippen molar-refractivity contribution in [3.8, 4) is 17.6 Å². The predicted molar refractivity (Wildman–Crippen MR) is 128 cm³/mol. The molecular weight excluding hydrogens is 404 g/mol. The molecule has 2 aromatic rings. The van der Waals surface area contributed by atoms with Crippen molar-refractivity contribution in [2.45, 2.75) is 84.7 Å². The average molecular weight is 439 g/mol. The van der Waals surface area contributed by atoms with Gasteiger partial charge in [0.1, 0.15) is 11.4 Å². The molecule has 0 aliphatic carbocycles. The molecule has 0 saturated carbocycles. The van der Waals surface area contributed by atoms with Gasteiger partial charge in [-0.3, -0.25) is 4.79 Å². The van der Waals surface area contributed by atoms with Gasteiger partial charge in [-0.2, -0.15) is 0 Å². The van der Waals surface area contributed by atoms with Gasteiger partial charge in [-0.1, -0.05) is 25.7 Å². The monoisotopic (exact) mass is 438 g/mol. The molecule has 0 radical (unpaired) electrons. The molecule has 31 heavy (non-hydrogen) atoms. The fraction of sp³-hybridized carbons (Fsp3) is 0.519. The van der Waals surface area contributed by atoms with Crippen molar-refractivity contribution >= 4 is 17.3 Å². The second-order valence-electron chi connectivity index (χ2n) is 9.61. The minimum atomic E-state index is -0.153. The van der Waals surface area contributed by atoms with Crippen molar-refractivity contribution in [1.29, 1.82) is 0 Å². The van der Waals surface area contributed by atoms with E-state index in [0.717, 1.165) is 47.4 Å². The lowest BCUT2D eigenvalue weighted by Gasteiger charge is -2.42. The van der Waals surface area contributed by atoms with Crippen LogP contribution in [-0.2, 0) is 21.4 Å². The van der Waals surface area contributed by atoms with E-state index in [-0.39, 0.29) is 17.0 Å². The molecule has 166 valence electrons. The lowest BCUT2D eigenvalue weighted by molar-refractivity contribution is -0.143. The Labute approximate surface area is 191 Å². The predicted octanol–water partition coefficient (Wildman–Crippen LogP) is 6.57. The fourth-order valence-electron chi connectivity index (χ4n) is 4.43. The molecule has 2 heterocycles. The third-order valence-corrected chi connectivity index (χ3v) is 6.71. The van der Waals surface area contributed by atoms with Gasteiger partial charge in [0.15, 0.2) is 0 Å². The molecule has 1 aromatic carbocycles. The normalized spacial score (nSPS) is 15.9. The molecule has 1 aliphatic rings. The first-order valence-electron chi connectivity index (χ1n) is 11.2. The second kappa shape index (κ2) is 9.49. The van der Waals surface area contributed by atoms with Gasteiger partial charge < -0.3 is 9.47 Å². The van der Waals surface area contributed by atoms with Crippen LogP contribution in [0.4, 0.5) is 0 Å². The topological polar surface area (TPSA) is 35.5 Å². The lowest BCUT2D eigenvalue weighted by Crippen LogP contribution is -2.41. The SMILES string of the molecule is CCOC(=O)CCCCc1ccc(C#Cc2cc3c(cc2C)OC(C)(C)CC3(C)C)s1. The van der Waals surface area contributed by atoms with E-state index in [2.05, 4.69) is 70.7 Å². The molecule has 1 aromatic heterocycles. The summed E-state index contributed by atoms with van der Waals surface area (Å²) in [4.78, 5) is 13.8. The summed E-state index contributed by atoms with van der Waals surface area (Å²) in [5, 5.41) is 0. The summed E-state index contributed by atoms with van der Waals surface area (Å²) in [5.41, 5.74) is 3.37. The Morgan fingerprint density at radius 3 is 2.68 bits per heavy atom. The number of ether oxygens (including phenoxy) is 2. The summed E-state index contributed by atoms with van der Waals surface area (Å²) in [7, 11) is 0. The van der Waals surface area contributed by atoms with Crippen LogP contribution in [0.3, 0.4) is 0 Å². The quantitative estimate of drug-likeness (QED) is 0.291. The highest BCUT2D eigenvalue weighted by molar-refractivity contribution is 7.12. The van der Waals surface area contributed by atoms with Crippen LogP contribution in [0.15, 0.2) is 24.3 Å². The molecule has 3 nitrogen and oxygen atoms in total. The number of carbonyl (C=O) groups is 1. The van der Waals surface area contributed by atoms with Gasteiger partial charge in [-0.25, -0.2) is 0 Å². The zero-order chi connectivity index (χ0) is 22.6. The number of aryl methyl sites for hydroxylation is 2. The molecule has 1 aliphatic heterocycles. The van der Waals surface area contributed by atoms with Crippen molar-refractivity contribution in [3.05, 3.63) is 50.7 Å². The first kappa shape index (κ1) is 23.4. The number of benzene rings is 1. The van der Waals surface area contributed by atoms with Crippen LogP contribution in [-0.4, -0.2) is 18.2 Å². The van der Waals surface area contributed by atoms with Crippen molar-refractivity contribution in [3.63, 3.8) is 0 Å². The minimum absolute atomic E-state index is 0.0564. The minimum Gasteiger partial charge on any atom is -0.488 e. The summed E-state index contributed by atoms with van der Waals surface area (Å²) in [6.07, 6.45) is 4.31. The molecule has 0 amide bonds.